The van der Waals surface area contributed by atoms with Gasteiger partial charge in [-0.25, -0.2) is 0 Å². The fraction of sp³-hybridized carbons (Fsp3) is 0.474. The van der Waals surface area contributed by atoms with E-state index in [1.54, 1.807) is 12.1 Å². The highest BCUT2D eigenvalue weighted by atomic mass is 35.5. The van der Waals surface area contributed by atoms with Crippen molar-refractivity contribution in [3.63, 3.8) is 0 Å². The molecule has 120 valence electrons. The van der Waals surface area contributed by atoms with Crippen LogP contribution in [-0.2, 0) is 0 Å². The fourth-order valence-corrected chi connectivity index (χ4v) is 2.88. The number of phenols is 1. The van der Waals surface area contributed by atoms with Crippen molar-refractivity contribution in [3.8, 4) is 11.5 Å². The lowest BCUT2D eigenvalue weighted by Gasteiger charge is -2.11. The van der Waals surface area contributed by atoms with E-state index in [-0.39, 0.29) is 0 Å². The highest BCUT2D eigenvalue weighted by Crippen LogP contribution is 2.29. The first-order chi connectivity index (χ1) is 10.7. The van der Waals surface area contributed by atoms with Crippen LogP contribution in [0.3, 0.4) is 0 Å². The molecule has 0 bridgehead atoms. The Morgan fingerprint density at radius 1 is 0.955 bits per heavy atom. The minimum Gasteiger partial charge on any atom is -0.508 e. The third-order valence-corrected chi connectivity index (χ3v) is 4.28. The summed E-state index contributed by atoms with van der Waals surface area (Å²) >= 11 is 5.66. The number of halogens is 1. The van der Waals surface area contributed by atoms with Crippen LogP contribution in [0.15, 0.2) is 30.3 Å². The van der Waals surface area contributed by atoms with Crippen LogP contribution in [-0.4, -0.2) is 17.6 Å². The zero-order valence-electron chi connectivity index (χ0n) is 13.3. The van der Waals surface area contributed by atoms with Gasteiger partial charge in [-0.2, -0.15) is 0 Å². The Balaban J connectivity index is 1.80. The van der Waals surface area contributed by atoms with Crippen molar-refractivity contribution in [2.45, 2.75) is 45.4 Å². The van der Waals surface area contributed by atoms with Gasteiger partial charge in [-0.15, -0.1) is 11.6 Å². The number of hydrogen-bond donors (Lipinski definition) is 1. The van der Waals surface area contributed by atoms with Gasteiger partial charge in [-0.1, -0.05) is 37.8 Å². The zero-order valence-corrected chi connectivity index (χ0v) is 14.0. The monoisotopic (exact) mass is 320 g/mol. The Morgan fingerprint density at radius 3 is 2.45 bits per heavy atom. The van der Waals surface area contributed by atoms with E-state index in [2.05, 4.69) is 6.92 Å². The molecule has 0 amide bonds. The summed E-state index contributed by atoms with van der Waals surface area (Å²) in [6.07, 6.45) is 7.20. The van der Waals surface area contributed by atoms with Crippen molar-refractivity contribution in [1.29, 1.82) is 0 Å². The molecule has 0 atom stereocenters. The summed E-state index contributed by atoms with van der Waals surface area (Å²) in [5.74, 6) is 2.03. The van der Waals surface area contributed by atoms with E-state index in [9.17, 15) is 5.11 Å². The van der Waals surface area contributed by atoms with E-state index >= 15 is 0 Å². The molecule has 0 aliphatic rings. The molecule has 0 aromatic heterocycles. The molecule has 0 heterocycles. The smallest absolute Gasteiger partial charge is 0.122 e. The fourth-order valence-electron chi connectivity index (χ4n) is 2.69. The van der Waals surface area contributed by atoms with Crippen molar-refractivity contribution in [3.05, 3.63) is 35.9 Å². The molecule has 0 aliphatic carbocycles. The van der Waals surface area contributed by atoms with Crippen LogP contribution in [0.5, 0.6) is 11.5 Å². The second-order valence-corrected chi connectivity index (χ2v) is 6.13. The Hall–Kier alpha value is -1.41. The van der Waals surface area contributed by atoms with Crippen LogP contribution in [0, 0.1) is 6.92 Å². The molecule has 0 radical (unpaired) electrons. The van der Waals surface area contributed by atoms with Gasteiger partial charge in [-0.3, -0.25) is 0 Å². The molecule has 2 nitrogen and oxygen atoms in total. The molecular formula is C19H25ClO2. The number of aromatic hydroxyl groups is 1. The molecule has 3 heteroatoms. The molecular weight excluding hydrogens is 296 g/mol. The SMILES string of the molecule is Cc1c(OCCCCCCCCCl)ccc2cc(O)ccc12. The van der Waals surface area contributed by atoms with E-state index < -0.39 is 0 Å². The molecule has 0 saturated heterocycles. The molecule has 0 spiro atoms. The van der Waals surface area contributed by atoms with Gasteiger partial charge in [0.15, 0.2) is 0 Å². The van der Waals surface area contributed by atoms with Gasteiger partial charge >= 0.3 is 0 Å². The summed E-state index contributed by atoms with van der Waals surface area (Å²) in [5.41, 5.74) is 1.14. The standard InChI is InChI=1S/C19H25ClO2/c1-15-18-10-9-17(21)14-16(18)8-11-19(15)22-13-7-5-3-2-4-6-12-20/h8-11,14,21H,2-7,12-13H2,1H3. The molecule has 1 N–H and O–H groups in total. The molecule has 0 aliphatic heterocycles. The van der Waals surface area contributed by atoms with E-state index in [1.165, 1.54) is 25.7 Å². The van der Waals surface area contributed by atoms with E-state index in [0.717, 1.165) is 47.4 Å². The van der Waals surface area contributed by atoms with Gasteiger partial charge in [0.1, 0.15) is 11.5 Å². The third-order valence-electron chi connectivity index (χ3n) is 4.01. The topological polar surface area (TPSA) is 29.5 Å². The molecule has 2 aromatic carbocycles. The first kappa shape index (κ1) is 17.0. The van der Waals surface area contributed by atoms with Crippen LogP contribution in [0.4, 0.5) is 0 Å². The first-order valence-electron chi connectivity index (χ1n) is 8.13. The van der Waals surface area contributed by atoms with Crippen molar-refractivity contribution in [2.75, 3.05) is 12.5 Å². The third kappa shape index (κ3) is 4.81. The lowest BCUT2D eigenvalue weighted by molar-refractivity contribution is 0.303. The maximum atomic E-state index is 9.53. The van der Waals surface area contributed by atoms with Crippen LogP contribution in [0.2, 0.25) is 0 Å². The predicted octanol–water partition coefficient (Wildman–Crippen LogP) is 5.81. The number of rotatable bonds is 9. The van der Waals surface area contributed by atoms with Gasteiger partial charge < -0.3 is 9.84 Å². The highest BCUT2D eigenvalue weighted by Gasteiger charge is 2.05. The zero-order chi connectivity index (χ0) is 15.8. The summed E-state index contributed by atoms with van der Waals surface area (Å²) in [6.45, 7) is 2.83. The van der Waals surface area contributed by atoms with Crippen LogP contribution in [0.1, 0.15) is 44.1 Å². The number of fused-ring (bicyclic) bond motifs is 1. The van der Waals surface area contributed by atoms with Gasteiger partial charge in [0, 0.05) is 5.88 Å². The summed E-state index contributed by atoms with van der Waals surface area (Å²) in [6, 6.07) is 9.46. The van der Waals surface area contributed by atoms with Crippen molar-refractivity contribution < 1.29 is 9.84 Å². The number of unbranched alkanes of at least 4 members (excludes halogenated alkanes) is 5. The average molecular weight is 321 g/mol. The number of aryl methyl sites for hydroxylation is 1. The highest BCUT2D eigenvalue weighted by molar-refractivity contribution is 6.17. The Labute approximate surface area is 138 Å². The second kappa shape index (κ2) is 8.89. The van der Waals surface area contributed by atoms with Crippen LogP contribution < -0.4 is 4.74 Å². The predicted molar refractivity (Wildman–Crippen MR) is 94.3 cm³/mol. The van der Waals surface area contributed by atoms with Crippen LogP contribution in [0.25, 0.3) is 10.8 Å². The summed E-state index contributed by atoms with van der Waals surface area (Å²) in [5, 5.41) is 11.7. The van der Waals surface area contributed by atoms with E-state index in [1.807, 2.05) is 18.2 Å². The number of hydrogen-bond acceptors (Lipinski definition) is 2. The minimum atomic E-state index is 0.301. The van der Waals surface area contributed by atoms with E-state index in [4.69, 9.17) is 16.3 Å². The summed E-state index contributed by atoms with van der Waals surface area (Å²) in [4.78, 5) is 0. The number of phenolic OH excluding ortho intramolecular Hbond substituents is 1. The molecule has 0 unspecified atom stereocenters. The lowest BCUT2D eigenvalue weighted by atomic mass is 10.0. The first-order valence-corrected chi connectivity index (χ1v) is 8.67. The Kier molecular flexibility index (Phi) is 6.85. The van der Waals surface area contributed by atoms with Gasteiger partial charge in [0.2, 0.25) is 0 Å². The Bertz CT molecular complexity index is 595. The maximum absolute atomic E-state index is 9.53. The average Bonchev–Trinajstić information content (AvgIpc) is 2.52. The number of ether oxygens (including phenoxy) is 1. The summed E-state index contributed by atoms with van der Waals surface area (Å²) in [7, 11) is 0. The molecule has 0 saturated carbocycles. The largest absolute Gasteiger partial charge is 0.508 e. The van der Waals surface area contributed by atoms with Crippen molar-refractivity contribution in [2.24, 2.45) is 0 Å². The van der Waals surface area contributed by atoms with E-state index in [0.29, 0.717) is 5.75 Å². The van der Waals surface area contributed by atoms with Gasteiger partial charge in [0.05, 0.1) is 6.61 Å². The molecule has 22 heavy (non-hydrogen) atoms. The lowest BCUT2D eigenvalue weighted by Crippen LogP contribution is -1.99. The maximum Gasteiger partial charge on any atom is 0.122 e. The van der Waals surface area contributed by atoms with Crippen molar-refractivity contribution in [1.82, 2.24) is 0 Å². The Morgan fingerprint density at radius 2 is 1.68 bits per heavy atom. The molecule has 2 aromatic rings. The minimum absolute atomic E-state index is 0.301. The quantitative estimate of drug-likeness (QED) is 0.466. The van der Waals surface area contributed by atoms with Crippen LogP contribution >= 0.6 is 11.6 Å². The van der Waals surface area contributed by atoms with Crippen molar-refractivity contribution >= 4 is 22.4 Å². The van der Waals surface area contributed by atoms with Gasteiger partial charge in [-0.05, 0) is 54.3 Å². The number of alkyl halides is 1. The van der Waals surface area contributed by atoms with Gasteiger partial charge in [0.25, 0.3) is 0 Å². The normalized spacial score (nSPS) is 11.0. The summed E-state index contributed by atoms with van der Waals surface area (Å²) < 4.78 is 5.92. The molecule has 2 rings (SSSR count). The molecule has 0 fully saturated rings. The number of benzene rings is 2. The second-order valence-electron chi connectivity index (χ2n) is 5.75.